The molecule has 0 aromatic heterocycles. The topological polar surface area (TPSA) is 95.8 Å². The summed E-state index contributed by atoms with van der Waals surface area (Å²) in [4.78, 5) is 39.4. The third-order valence-electron chi connectivity index (χ3n) is 5.14. The number of amides is 2. The number of anilines is 2. The summed E-state index contributed by atoms with van der Waals surface area (Å²) in [6.07, 6.45) is 0. The lowest BCUT2D eigenvalue weighted by molar-refractivity contribution is -0.383. The largest absolute Gasteiger partial charge is 0.350 e. The van der Waals surface area contributed by atoms with Gasteiger partial charge < -0.3 is 15.1 Å². The first-order chi connectivity index (χ1) is 15.8. The summed E-state index contributed by atoms with van der Waals surface area (Å²) in [7, 11) is 3.38. The molecule has 3 aromatic carbocycles. The standard InChI is InChI=1S/C25H26N4O4/c1-4-28(17-18-10-12-19(13-11-18)24(30)27(2)3)25(31)20-14-15-22(23(16-20)29(32)33)26-21-8-6-5-7-9-21/h5-16,26H,4,17H2,1-3H3. The van der Waals surface area contributed by atoms with Crippen molar-refractivity contribution in [3.8, 4) is 0 Å². The predicted molar refractivity (Wildman–Crippen MR) is 128 cm³/mol. The fraction of sp³-hybridized carbons (Fsp3) is 0.200. The Morgan fingerprint density at radius 1 is 0.909 bits per heavy atom. The second-order valence-electron chi connectivity index (χ2n) is 7.70. The minimum atomic E-state index is -0.501. The van der Waals surface area contributed by atoms with Crippen LogP contribution in [0.2, 0.25) is 0 Å². The maximum Gasteiger partial charge on any atom is 0.293 e. The van der Waals surface area contributed by atoms with Crippen LogP contribution in [0.15, 0.2) is 72.8 Å². The van der Waals surface area contributed by atoms with Gasteiger partial charge in [-0.2, -0.15) is 0 Å². The Balaban J connectivity index is 1.80. The van der Waals surface area contributed by atoms with E-state index in [4.69, 9.17) is 0 Å². The molecule has 1 N–H and O–H groups in total. The zero-order valence-corrected chi connectivity index (χ0v) is 18.8. The van der Waals surface area contributed by atoms with Gasteiger partial charge in [0, 0.05) is 50.1 Å². The number of nitro benzene ring substituents is 1. The second-order valence-corrected chi connectivity index (χ2v) is 7.70. The summed E-state index contributed by atoms with van der Waals surface area (Å²) in [5.41, 5.74) is 2.51. The van der Waals surface area contributed by atoms with Crippen LogP contribution in [0.5, 0.6) is 0 Å². The molecule has 8 heteroatoms. The molecule has 8 nitrogen and oxygen atoms in total. The van der Waals surface area contributed by atoms with Gasteiger partial charge in [-0.25, -0.2) is 0 Å². The van der Waals surface area contributed by atoms with E-state index in [1.54, 1.807) is 55.4 Å². The quantitative estimate of drug-likeness (QED) is 0.400. The summed E-state index contributed by atoms with van der Waals surface area (Å²) in [5.74, 6) is -0.401. The van der Waals surface area contributed by atoms with Crippen molar-refractivity contribution in [1.29, 1.82) is 0 Å². The Labute approximate surface area is 192 Å². The van der Waals surface area contributed by atoms with E-state index in [1.807, 2.05) is 37.3 Å². The third kappa shape index (κ3) is 5.74. The Morgan fingerprint density at radius 3 is 2.12 bits per heavy atom. The van der Waals surface area contributed by atoms with Crippen LogP contribution < -0.4 is 5.32 Å². The van der Waals surface area contributed by atoms with E-state index >= 15 is 0 Å². The number of nitrogens with zero attached hydrogens (tertiary/aromatic N) is 3. The molecule has 33 heavy (non-hydrogen) atoms. The Kier molecular flexibility index (Phi) is 7.40. The maximum atomic E-state index is 13.1. The van der Waals surface area contributed by atoms with Crippen LogP contribution >= 0.6 is 0 Å². The van der Waals surface area contributed by atoms with E-state index in [2.05, 4.69) is 5.32 Å². The number of carbonyl (C=O) groups excluding carboxylic acids is 2. The molecule has 0 radical (unpaired) electrons. The van der Waals surface area contributed by atoms with E-state index in [0.717, 1.165) is 5.56 Å². The average molecular weight is 447 g/mol. The van der Waals surface area contributed by atoms with Gasteiger partial charge in [-0.1, -0.05) is 30.3 Å². The molecule has 3 aromatic rings. The summed E-state index contributed by atoms with van der Waals surface area (Å²) in [6.45, 7) is 2.60. The maximum absolute atomic E-state index is 13.1. The molecule has 0 aliphatic rings. The lowest BCUT2D eigenvalue weighted by atomic mass is 10.1. The Bertz CT molecular complexity index is 1140. The molecule has 0 saturated carbocycles. The van der Waals surface area contributed by atoms with Crippen LogP contribution in [0.3, 0.4) is 0 Å². The highest BCUT2D eigenvalue weighted by Gasteiger charge is 2.21. The van der Waals surface area contributed by atoms with Crippen LogP contribution in [0.25, 0.3) is 0 Å². The summed E-state index contributed by atoms with van der Waals surface area (Å²) in [5, 5.41) is 14.7. The van der Waals surface area contributed by atoms with Gasteiger partial charge in [-0.15, -0.1) is 0 Å². The van der Waals surface area contributed by atoms with E-state index in [9.17, 15) is 19.7 Å². The molecule has 170 valence electrons. The van der Waals surface area contributed by atoms with Crippen molar-refractivity contribution in [3.63, 3.8) is 0 Å². The van der Waals surface area contributed by atoms with Crippen molar-refractivity contribution >= 4 is 28.9 Å². The first-order valence-electron chi connectivity index (χ1n) is 10.5. The number of nitro groups is 1. The van der Waals surface area contributed by atoms with Crippen molar-refractivity contribution in [2.45, 2.75) is 13.5 Å². The van der Waals surface area contributed by atoms with Gasteiger partial charge in [-0.3, -0.25) is 19.7 Å². The molecular formula is C25H26N4O4. The highest BCUT2D eigenvalue weighted by molar-refractivity contribution is 5.96. The first-order valence-corrected chi connectivity index (χ1v) is 10.5. The molecular weight excluding hydrogens is 420 g/mol. The minimum Gasteiger partial charge on any atom is -0.350 e. The van der Waals surface area contributed by atoms with Crippen LogP contribution in [0, 0.1) is 10.1 Å². The number of nitrogens with one attached hydrogen (secondary N) is 1. The van der Waals surface area contributed by atoms with Crippen LogP contribution in [-0.2, 0) is 6.54 Å². The van der Waals surface area contributed by atoms with Gasteiger partial charge in [0.05, 0.1) is 4.92 Å². The molecule has 0 aliphatic carbocycles. The van der Waals surface area contributed by atoms with Crippen molar-refractivity contribution in [3.05, 3.63) is 99.6 Å². The molecule has 2 amide bonds. The number of rotatable bonds is 8. The van der Waals surface area contributed by atoms with Gasteiger partial charge in [0.1, 0.15) is 5.69 Å². The molecule has 0 unspecified atom stereocenters. The van der Waals surface area contributed by atoms with Crippen molar-refractivity contribution in [2.24, 2.45) is 0 Å². The van der Waals surface area contributed by atoms with Crippen LogP contribution in [0.4, 0.5) is 17.1 Å². The van der Waals surface area contributed by atoms with Crippen molar-refractivity contribution in [2.75, 3.05) is 26.0 Å². The van der Waals surface area contributed by atoms with E-state index in [1.165, 1.54) is 11.0 Å². The molecule has 0 saturated heterocycles. The zero-order chi connectivity index (χ0) is 24.0. The highest BCUT2D eigenvalue weighted by Crippen LogP contribution is 2.29. The van der Waals surface area contributed by atoms with Gasteiger partial charge in [0.2, 0.25) is 0 Å². The van der Waals surface area contributed by atoms with Crippen molar-refractivity contribution < 1.29 is 14.5 Å². The second kappa shape index (κ2) is 10.4. The molecule has 3 rings (SSSR count). The molecule has 0 heterocycles. The third-order valence-corrected chi connectivity index (χ3v) is 5.14. The number of para-hydroxylation sites is 1. The summed E-state index contributed by atoms with van der Waals surface area (Å²) in [6, 6.07) is 20.6. The zero-order valence-electron chi connectivity index (χ0n) is 18.8. The highest BCUT2D eigenvalue weighted by atomic mass is 16.6. The Hall–Kier alpha value is -4.20. The lowest BCUT2D eigenvalue weighted by Gasteiger charge is -2.21. The predicted octanol–water partition coefficient (Wildman–Crippen LogP) is 4.70. The van der Waals surface area contributed by atoms with Crippen LogP contribution in [-0.4, -0.2) is 47.2 Å². The molecule has 0 spiro atoms. The first kappa shape index (κ1) is 23.5. The average Bonchev–Trinajstić information content (AvgIpc) is 2.82. The van der Waals surface area contributed by atoms with Gasteiger partial charge in [0.25, 0.3) is 17.5 Å². The van der Waals surface area contributed by atoms with E-state index in [-0.39, 0.29) is 23.1 Å². The Morgan fingerprint density at radius 2 is 1.55 bits per heavy atom. The van der Waals surface area contributed by atoms with E-state index < -0.39 is 4.92 Å². The lowest BCUT2D eigenvalue weighted by Crippen LogP contribution is -2.30. The molecule has 0 bridgehead atoms. The molecule has 0 aliphatic heterocycles. The number of carbonyl (C=O) groups is 2. The van der Waals surface area contributed by atoms with Gasteiger partial charge in [-0.05, 0) is 48.9 Å². The number of hydrogen-bond acceptors (Lipinski definition) is 5. The number of benzene rings is 3. The monoisotopic (exact) mass is 446 g/mol. The SMILES string of the molecule is CCN(Cc1ccc(C(=O)N(C)C)cc1)C(=O)c1ccc(Nc2ccccc2)c([N+](=O)[O-])c1. The van der Waals surface area contributed by atoms with Crippen LogP contribution in [0.1, 0.15) is 33.2 Å². The van der Waals surface area contributed by atoms with E-state index in [0.29, 0.717) is 30.0 Å². The van der Waals surface area contributed by atoms with Gasteiger partial charge in [0.15, 0.2) is 0 Å². The molecule has 0 fully saturated rings. The summed E-state index contributed by atoms with van der Waals surface area (Å²) >= 11 is 0. The molecule has 0 atom stereocenters. The fourth-order valence-corrected chi connectivity index (χ4v) is 3.34. The van der Waals surface area contributed by atoms with Crippen molar-refractivity contribution in [1.82, 2.24) is 9.80 Å². The summed E-state index contributed by atoms with van der Waals surface area (Å²) < 4.78 is 0. The fourth-order valence-electron chi connectivity index (χ4n) is 3.34. The normalized spacial score (nSPS) is 10.4. The smallest absolute Gasteiger partial charge is 0.293 e. The minimum absolute atomic E-state index is 0.0958. The van der Waals surface area contributed by atoms with Gasteiger partial charge >= 0.3 is 0 Å². The number of hydrogen-bond donors (Lipinski definition) is 1.